The number of hydrogen-bond acceptors (Lipinski definition) is 6. The van der Waals surface area contributed by atoms with E-state index in [4.69, 9.17) is 21.1 Å². The van der Waals surface area contributed by atoms with E-state index >= 15 is 0 Å². The molecule has 0 spiro atoms. The zero-order valence-corrected chi connectivity index (χ0v) is 31.0. The summed E-state index contributed by atoms with van der Waals surface area (Å²) in [6.45, 7) is 14.6. The third-order valence-corrected chi connectivity index (χ3v) is 12.0. The molecule has 1 aliphatic carbocycles. The predicted molar refractivity (Wildman–Crippen MR) is 196 cm³/mol. The van der Waals surface area contributed by atoms with Crippen molar-refractivity contribution in [2.45, 2.75) is 95.7 Å². The summed E-state index contributed by atoms with van der Waals surface area (Å²) < 4.78 is 28.1. The average Bonchev–Trinajstić information content (AvgIpc) is 3.19. The first kappa shape index (κ1) is 36.8. The van der Waals surface area contributed by atoms with Crippen molar-refractivity contribution in [1.29, 1.82) is 0 Å². The van der Waals surface area contributed by atoms with Crippen LogP contribution < -0.4 is 14.4 Å². The molecule has 0 aromatic heterocycles. The maximum absolute atomic E-state index is 13.2. The molecule has 2 aromatic rings. The highest BCUT2D eigenvalue weighted by Crippen LogP contribution is 2.48. The molecule has 1 N–H and O–H groups in total. The number of carbonyl (C=O) groups is 1. The van der Waals surface area contributed by atoms with Crippen molar-refractivity contribution >= 4 is 45.9 Å². The minimum atomic E-state index is -1.46. The van der Waals surface area contributed by atoms with Crippen LogP contribution in [0, 0.1) is 11.8 Å². The van der Waals surface area contributed by atoms with Gasteiger partial charge in [0.05, 0.1) is 17.9 Å². The Morgan fingerprint density at radius 3 is 2.61 bits per heavy atom. The normalized spacial score (nSPS) is 21.8. The van der Waals surface area contributed by atoms with Gasteiger partial charge in [0.2, 0.25) is 0 Å². The minimum Gasteiger partial charge on any atom is -0.491 e. The first-order valence-electron chi connectivity index (χ1n) is 16.9. The number of ether oxygens (including phenoxy) is 2. The fourth-order valence-corrected chi connectivity index (χ4v) is 8.36. The molecule has 1 fully saturated rings. The molecule has 1 heterocycles. The molecule has 0 bridgehead atoms. The second-order valence-electron chi connectivity index (χ2n) is 13.2. The van der Waals surface area contributed by atoms with Crippen LogP contribution in [0.2, 0.25) is 5.02 Å². The van der Waals surface area contributed by atoms with E-state index in [-0.39, 0.29) is 22.7 Å². The third-order valence-electron chi connectivity index (χ3n) is 9.29. The fourth-order valence-electron chi connectivity index (χ4n) is 6.61. The summed E-state index contributed by atoms with van der Waals surface area (Å²) >= 11 is 8.41. The summed E-state index contributed by atoms with van der Waals surface area (Å²) in [5, 5.41) is 1.10. The molecule has 2 aliphatic rings. The number of amides is 1. The van der Waals surface area contributed by atoms with Crippen molar-refractivity contribution in [3.8, 4) is 5.75 Å². The number of carbonyl (C=O) groups excluding carboxylic acids is 1. The molecule has 1 amide bonds. The van der Waals surface area contributed by atoms with Gasteiger partial charge in [-0.25, -0.2) is 4.21 Å². The van der Waals surface area contributed by atoms with Gasteiger partial charge < -0.3 is 14.4 Å². The summed E-state index contributed by atoms with van der Waals surface area (Å²) in [6, 6.07) is 11.8. The molecule has 4 rings (SSSR count). The van der Waals surface area contributed by atoms with Gasteiger partial charge in [0.25, 0.3) is 5.91 Å². The van der Waals surface area contributed by atoms with Crippen LogP contribution in [0.25, 0.3) is 0 Å². The number of nitrogens with zero attached hydrogens (tertiary/aromatic N) is 1. The number of nitrogens with one attached hydrogen (secondary N) is 1. The topological polar surface area (TPSA) is 67.9 Å². The number of halogens is 1. The van der Waals surface area contributed by atoms with Gasteiger partial charge in [0, 0.05) is 47.7 Å². The van der Waals surface area contributed by atoms with Gasteiger partial charge in [0.15, 0.2) is 0 Å². The highest BCUT2D eigenvalue weighted by Gasteiger charge is 2.47. The second-order valence-corrected chi connectivity index (χ2v) is 17.0. The quantitative estimate of drug-likeness (QED) is 0.189. The van der Waals surface area contributed by atoms with Gasteiger partial charge in [-0.15, -0.1) is 0 Å². The molecule has 4 unspecified atom stereocenters. The van der Waals surface area contributed by atoms with Crippen LogP contribution in [-0.4, -0.2) is 58.8 Å². The van der Waals surface area contributed by atoms with Crippen molar-refractivity contribution in [3.05, 3.63) is 70.3 Å². The van der Waals surface area contributed by atoms with E-state index in [1.54, 1.807) is 6.07 Å². The van der Waals surface area contributed by atoms with Gasteiger partial charge in [-0.05, 0) is 98.1 Å². The lowest BCUT2D eigenvalue weighted by Crippen LogP contribution is -2.52. The number of aryl methyl sites for hydroxylation is 1. The fraction of sp³-hybridized carbons (Fsp3) is 0.595. The smallest absolute Gasteiger partial charge is 0.263 e. The largest absolute Gasteiger partial charge is 0.491 e. The highest BCUT2D eigenvalue weighted by atomic mass is 35.5. The highest BCUT2D eigenvalue weighted by molar-refractivity contribution is 7.99. The lowest BCUT2D eigenvalue weighted by atomic mass is 9.64. The van der Waals surface area contributed by atoms with Gasteiger partial charge in [-0.3, -0.25) is 9.52 Å². The summed E-state index contributed by atoms with van der Waals surface area (Å²) in [5.41, 5.74) is 3.59. The van der Waals surface area contributed by atoms with Crippen LogP contribution >= 0.6 is 23.4 Å². The second kappa shape index (κ2) is 16.9. The van der Waals surface area contributed by atoms with Crippen LogP contribution in [0.1, 0.15) is 94.6 Å². The van der Waals surface area contributed by atoms with E-state index in [9.17, 15) is 9.00 Å². The molecule has 9 heteroatoms. The number of fused-ring (bicyclic) bond motifs is 1. The summed E-state index contributed by atoms with van der Waals surface area (Å²) in [7, 11) is 0.407. The van der Waals surface area contributed by atoms with Crippen molar-refractivity contribution in [3.63, 3.8) is 0 Å². The van der Waals surface area contributed by atoms with Gasteiger partial charge in [-0.1, -0.05) is 63.9 Å². The SMILES string of the molecule is CC/C=C/[C@](CSC(C)C)(OC)C1CCC1CN1CC(c2ccc(Cl)cc2CCC)COc2ccc(C(=O)NS(=O)C(C)C)cc21. The summed E-state index contributed by atoms with van der Waals surface area (Å²) in [6.07, 6.45) is 9.78. The maximum atomic E-state index is 13.2. The average molecular weight is 689 g/mol. The van der Waals surface area contributed by atoms with Crippen molar-refractivity contribution in [1.82, 2.24) is 4.72 Å². The van der Waals surface area contributed by atoms with Crippen molar-refractivity contribution in [2.24, 2.45) is 11.8 Å². The molecule has 2 aromatic carbocycles. The molecule has 0 radical (unpaired) electrons. The number of rotatable bonds is 15. The first-order chi connectivity index (χ1) is 22.0. The van der Waals surface area contributed by atoms with Crippen LogP contribution in [-0.2, 0) is 22.1 Å². The Balaban J connectivity index is 1.71. The number of hydrogen-bond donors (Lipinski definition) is 1. The Morgan fingerprint density at radius 1 is 1.20 bits per heavy atom. The van der Waals surface area contributed by atoms with Gasteiger partial charge in [-0.2, -0.15) is 11.8 Å². The van der Waals surface area contributed by atoms with Crippen LogP contribution in [0.4, 0.5) is 5.69 Å². The number of thioether (sulfide) groups is 1. The molecule has 254 valence electrons. The van der Waals surface area contributed by atoms with E-state index in [0.29, 0.717) is 29.3 Å². The van der Waals surface area contributed by atoms with Crippen LogP contribution in [0.5, 0.6) is 5.75 Å². The third kappa shape index (κ3) is 8.91. The van der Waals surface area contributed by atoms with E-state index < -0.39 is 11.0 Å². The van der Waals surface area contributed by atoms with Crippen molar-refractivity contribution in [2.75, 3.05) is 37.5 Å². The first-order valence-corrected chi connectivity index (χ1v) is 19.5. The molecular weight excluding hydrogens is 636 g/mol. The molecule has 1 aliphatic heterocycles. The van der Waals surface area contributed by atoms with E-state index in [1.807, 2.05) is 50.9 Å². The molecule has 0 saturated heterocycles. The van der Waals surface area contributed by atoms with E-state index in [0.717, 1.165) is 67.4 Å². The number of methoxy groups -OCH3 is 1. The van der Waals surface area contributed by atoms with Gasteiger partial charge in [0.1, 0.15) is 16.7 Å². The standard InChI is InChI=1S/C37H53ClN2O4S2/c1-8-10-18-37(43-7,24-45-25(3)4)33-16-12-29(33)21-40-22-30(32-15-14-31(38)19-27(32)11-9-2)23-44-35-17-13-28(20-34(35)40)36(41)39-46(42)26(5)6/h10,13-15,17-20,25-26,29-30,33H,8-9,11-12,16,21-24H2,1-7H3,(H,39,41)/b18-10+/t29?,30?,33?,37-,46?/m1/s1. The molecule has 1 saturated carbocycles. The van der Waals surface area contributed by atoms with E-state index in [2.05, 4.69) is 61.6 Å². The number of allylic oxidation sites excluding steroid dienone is 1. The number of benzene rings is 2. The van der Waals surface area contributed by atoms with Crippen LogP contribution in [0.3, 0.4) is 0 Å². The molecule has 6 nitrogen and oxygen atoms in total. The Morgan fingerprint density at radius 2 is 1.98 bits per heavy atom. The number of anilines is 1. The maximum Gasteiger partial charge on any atom is 0.263 e. The Kier molecular flexibility index (Phi) is 13.5. The van der Waals surface area contributed by atoms with E-state index in [1.165, 1.54) is 11.1 Å². The summed E-state index contributed by atoms with van der Waals surface area (Å²) in [4.78, 5) is 15.6. The summed E-state index contributed by atoms with van der Waals surface area (Å²) in [5.74, 6) is 2.26. The van der Waals surface area contributed by atoms with Crippen LogP contribution in [0.15, 0.2) is 48.6 Å². The zero-order valence-electron chi connectivity index (χ0n) is 28.6. The minimum absolute atomic E-state index is 0.124. The Bertz CT molecular complexity index is 1380. The lowest BCUT2D eigenvalue weighted by molar-refractivity contribution is -0.0586. The monoisotopic (exact) mass is 688 g/mol. The lowest BCUT2D eigenvalue weighted by Gasteiger charge is -2.50. The van der Waals surface area contributed by atoms with Crippen molar-refractivity contribution < 1.29 is 18.5 Å². The zero-order chi connectivity index (χ0) is 33.4. The predicted octanol–water partition coefficient (Wildman–Crippen LogP) is 8.60. The molecular formula is C37H53ClN2O4S2. The van der Waals surface area contributed by atoms with Gasteiger partial charge >= 0.3 is 0 Å². The Hall–Kier alpha value is -2.00. The molecule has 5 atom stereocenters. The molecule has 46 heavy (non-hydrogen) atoms. The Labute approximate surface area is 289 Å².